The summed E-state index contributed by atoms with van der Waals surface area (Å²) in [5, 5.41) is 13.8. The molecule has 0 aromatic carbocycles. The number of pyridine rings is 1. The van der Waals surface area contributed by atoms with Gasteiger partial charge in [0.2, 0.25) is 5.88 Å². The van der Waals surface area contributed by atoms with Crippen molar-refractivity contribution in [3.8, 4) is 5.88 Å². The van der Waals surface area contributed by atoms with Gasteiger partial charge in [-0.1, -0.05) is 13.8 Å². The quantitative estimate of drug-likeness (QED) is 0.552. The highest BCUT2D eigenvalue weighted by atomic mass is 16.6. The molecule has 112 valence electrons. The Labute approximate surface area is 119 Å². The summed E-state index contributed by atoms with van der Waals surface area (Å²) in [5.41, 5.74) is -0.0196. The molecule has 0 saturated carbocycles. The summed E-state index contributed by atoms with van der Waals surface area (Å²) in [6.45, 7) is 9.84. The van der Waals surface area contributed by atoms with Crippen LogP contribution in [-0.4, -0.2) is 47.6 Å². The largest absolute Gasteiger partial charge is 0.476 e. The van der Waals surface area contributed by atoms with Crippen LogP contribution in [-0.2, 0) is 0 Å². The van der Waals surface area contributed by atoms with Gasteiger partial charge in [0.05, 0.1) is 17.1 Å². The fourth-order valence-electron chi connectivity index (χ4n) is 1.76. The first kappa shape index (κ1) is 16.2. The molecule has 1 aromatic heterocycles. The van der Waals surface area contributed by atoms with E-state index in [-0.39, 0.29) is 11.6 Å². The van der Waals surface area contributed by atoms with Gasteiger partial charge in [-0.05, 0) is 20.0 Å². The summed E-state index contributed by atoms with van der Waals surface area (Å²) >= 11 is 0. The van der Waals surface area contributed by atoms with E-state index in [4.69, 9.17) is 4.74 Å². The third-order valence-corrected chi connectivity index (χ3v) is 2.91. The van der Waals surface area contributed by atoms with Crippen molar-refractivity contribution in [2.45, 2.75) is 20.8 Å². The topological polar surface area (TPSA) is 80.5 Å². The van der Waals surface area contributed by atoms with Gasteiger partial charge in [-0.15, -0.1) is 0 Å². The van der Waals surface area contributed by atoms with Gasteiger partial charge >= 0.3 is 0 Å². The summed E-state index contributed by atoms with van der Waals surface area (Å²) in [6, 6.07) is 2.75. The molecule has 0 fully saturated rings. The lowest BCUT2D eigenvalue weighted by Crippen LogP contribution is -2.28. The summed E-state index contributed by atoms with van der Waals surface area (Å²) < 4.78 is 5.52. The summed E-state index contributed by atoms with van der Waals surface area (Å²) in [5.74, 6) is 0.738. The first-order valence-corrected chi connectivity index (χ1v) is 6.86. The highest BCUT2D eigenvalue weighted by Gasteiger charge is 2.12. The highest BCUT2D eigenvalue weighted by Crippen LogP contribution is 2.22. The second kappa shape index (κ2) is 8.31. The number of likely N-dealkylation sites (N-methyl/N-ethyl adjacent to an activating group) is 1. The fraction of sp³-hybridized carbons (Fsp3) is 0.615. The number of aromatic nitrogens is 1. The average Bonchev–Trinajstić information content (AvgIpc) is 2.44. The van der Waals surface area contributed by atoms with Crippen molar-refractivity contribution >= 4 is 11.5 Å². The normalized spacial score (nSPS) is 10.6. The zero-order valence-corrected chi connectivity index (χ0v) is 12.3. The van der Waals surface area contributed by atoms with Crippen LogP contribution in [0.5, 0.6) is 5.88 Å². The Morgan fingerprint density at radius 1 is 1.35 bits per heavy atom. The fourth-order valence-corrected chi connectivity index (χ4v) is 1.76. The zero-order valence-electron chi connectivity index (χ0n) is 12.3. The van der Waals surface area contributed by atoms with Crippen LogP contribution in [0.4, 0.5) is 11.5 Å². The van der Waals surface area contributed by atoms with Gasteiger partial charge in [-0.25, -0.2) is 0 Å². The molecule has 1 N–H and O–H groups in total. The van der Waals surface area contributed by atoms with Gasteiger partial charge in [0.1, 0.15) is 12.4 Å². The molecule has 0 bridgehead atoms. The zero-order chi connectivity index (χ0) is 15.0. The Morgan fingerprint density at radius 3 is 2.60 bits per heavy atom. The number of rotatable bonds is 9. The highest BCUT2D eigenvalue weighted by molar-refractivity contribution is 5.48. The number of hydrogen-bond acceptors (Lipinski definition) is 6. The van der Waals surface area contributed by atoms with Crippen molar-refractivity contribution < 1.29 is 9.66 Å². The Kier molecular flexibility index (Phi) is 6.72. The first-order valence-electron chi connectivity index (χ1n) is 6.86. The van der Waals surface area contributed by atoms with E-state index in [1.807, 2.05) is 6.92 Å². The van der Waals surface area contributed by atoms with Crippen LogP contribution in [0.2, 0.25) is 0 Å². The Hall–Kier alpha value is -1.89. The molecule has 7 nitrogen and oxygen atoms in total. The second-order valence-electron chi connectivity index (χ2n) is 4.21. The summed E-state index contributed by atoms with van der Waals surface area (Å²) in [6.07, 6.45) is 0. The SMILES string of the molecule is CCNc1cc([N+](=O)[O-])cc(OCCN(CC)CC)n1. The van der Waals surface area contributed by atoms with Crippen molar-refractivity contribution in [1.82, 2.24) is 9.88 Å². The predicted octanol–water partition coefficient (Wildman–Crippen LogP) is 2.14. The van der Waals surface area contributed by atoms with E-state index in [9.17, 15) is 10.1 Å². The second-order valence-corrected chi connectivity index (χ2v) is 4.21. The van der Waals surface area contributed by atoms with E-state index in [0.717, 1.165) is 19.6 Å². The molecular formula is C13H22N4O3. The molecule has 0 unspecified atom stereocenters. The van der Waals surface area contributed by atoms with Crippen molar-refractivity contribution in [1.29, 1.82) is 0 Å². The summed E-state index contributed by atoms with van der Waals surface area (Å²) in [7, 11) is 0. The maximum Gasteiger partial charge on any atom is 0.278 e. The van der Waals surface area contributed by atoms with Crippen molar-refractivity contribution in [2.24, 2.45) is 0 Å². The smallest absolute Gasteiger partial charge is 0.278 e. The minimum absolute atomic E-state index is 0.0196. The van der Waals surface area contributed by atoms with Crippen molar-refractivity contribution in [3.05, 3.63) is 22.2 Å². The predicted molar refractivity (Wildman–Crippen MR) is 78.3 cm³/mol. The summed E-state index contributed by atoms with van der Waals surface area (Å²) in [4.78, 5) is 16.8. The van der Waals surface area contributed by atoms with Crippen LogP contribution in [0.25, 0.3) is 0 Å². The number of hydrogen-bond donors (Lipinski definition) is 1. The molecule has 1 rings (SSSR count). The molecule has 0 radical (unpaired) electrons. The molecule has 0 spiro atoms. The van der Waals surface area contributed by atoms with Crippen LogP contribution < -0.4 is 10.1 Å². The van der Waals surface area contributed by atoms with Crippen LogP contribution in [0, 0.1) is 10.1 Å². The van der Waals surface area contributed by atoms with Crippen LogP contribution in [0.3, 0.4) is 0 Å². The molecule has 0 aliphatic rings. The molecule has 1 aromatic rings. The van der Waals surface area contributed by atoms with E-state index in [1.165, 1.54) is 12.1 Å². The van der Waals surface area contributed by atoms with Gasteiger partial charge in [0, 0.05) is 13.1 Å². The molecule has 0 saturated heterocycles. The monoisotopic (exact) mass is 282 g/mol. The van der Waals surface area contributed by atoms with Crippen LogP contribution in [0.15, 0.2) is 12.1 Å². The van der Waals surface area contributed by atoms with E-state index in [0.29, 0.717) is 19.0 Å². The molecule has 7 heteroatoms. The Balaban J connectivity index is 2.70. The third kappa shape index (κ3) is 5.00. The van der Waals surface area contributed by atoms with Gasteiger partial charge in [0.15, 0.2) is 0 Å². The lowest BCUT2D eigenvalue weighted by Gasteiger charge is -2.17. The standard InChI is InChI=1S/C13H22N4O3/c1-4-14-12-9-11(17(18)19)10-13(15-12)20-8-7-16(5-2)6-3/h9-10H,4-8H2,1-3H3,(H,14,15). The number of anilines is 1. The minimum Gasteiger partial charge on any atom is -0.476 e. The average molecular weight is 282 g/mol. The maximum absolute atomic E-state index is 10.9. The van der Waals surface area contributed by atoms with E-state index >= 15 is 0 Å². The van der Waals surface area contributed by atoms with Crippen LogP contribution in [0.1, 0.15) is 20.8 Å². The first-order chi connectivity index (χ1) is 9.60. The van der Waals surface area contributed by atoms with Crippen molar-refractivity contribution in [2.75, 3.05) is 38.1 Å². The molecule has 0 atom stereocenters. The van der Waals surface area contributed by atoms with Crippen molar-refractivity contribution in [3.63, 3.8) is 0 Å². The number of nitrogens with zero attached hydrogens (tertiary/aromatic N) is 3. The van der Waals surface area contributed by atoms with Gasteiger partial charge in [-0.2, -0.15) is 4.98 Å². The van der Waals surface area contributed by atoms with E-state index in [2.05, 4.69) is 29.0 Å². The molecule has 0 aliphatic heterocycles. The number of ether oxygens (including phenoxy) is 1. The van der Waals surface area contributed by atoms with Gasteiger partial charge in [0.25, 0.3) is 5.69 Å². The molecule has 0 amide bonds. The Morgan fingerprint density at radius 2 is 2.05 bits per heavy atom. The number of nitrogens with one attached hydrogen (secondary N) is 1. The lowest BCUT2D eigenvalue weighted by molar-refractivity contribution is -0.384. The minimum atomic E-state index is -0.445. The molecule has 0 aliphatic carbocycles. The lowest BCUT2D eigenvalue weighted by atomic mass is 10.4. The third-order valence-electron chi connectivity index (χ3n) is 2.91. The van der Waals surface area contributed by atoms with Gasteiger partial charge in [-0.3, -0.25) is 10.1 Å². The van der Waals surface area contributed by atoms with Crippen LogP contribution >= 0.6 is 0 Å². The molecule has 20 heavy (non-hydrogen) atoms. The van der Waals surface area contributed by atoms with E-state index in [1.54, 1.807) is 0 Å². The molecule has 1 heterocycles. The Bertz CT molecular complexity index is 436. The van der Waals surface area contributed by atoms with E-state index < -0.39 is 4.92 Å². The maximum atomic E-state index is 10.9. The molecular weight excluding hydrogens is 260 g/mol. The van der Waals surface area contributed by atoms with Gasteiger partial charge < -0.3 is 15.0 Å². The number of nitro groups is 1.